The Morgan fingerprint density at radius 1 is 0.947 bits per heavy atom. The Balaban J connectivity index is 1.73. The van der Waals surface area contributed by atoms with Crippen molar-refractivity contribution in [3.8, 4) is 0 Å². The van der Waals surface area contributed by atoms with Crippen LogP contribution >= 0.6 is 0 Å². The van der Waals surface area contributed by atoms with Gasteiger partial charge in [-0.3, -0.25) is 9.69 Å². The fourth-order valence-corrected chi connectivity index (χ4v) is 3.17. The molecule has 110 valence electrons. The molecule has 0 saturated carbocycles. The lowest BCUT2D eigenvalue weighted by atomic mass is 9.97. The molecule has 4 nitrogen and oxygen atoms in total. The molecule has 19 heavy (non-hydrogen) atoms. The molecule has 0 bridgehead atoms. The van der Waals surface area contributed by atoms with Gasteiger partial charge in [0, 0.05) is 13.1 Å². The summed E-state index contributed by atoms with van der Waals surface area (Å²) in [6.45, 7) is 5.45. The Morgan fingerprint density at radius 2 is 1.53 bits per heavy atom. The van der Waals surface area contributed by atoms with Gasteiger partial charge < -0.3 is 10.6 Å². The summed E-state index contributed by atoms with van der Waals surface area (Å²) in [7, 11) is 0. The Labute approximate surface area is 117 Å². The summed E-state index contributed by atoms with van der Waals surface area (Å²) in [6.07, 6.45) is 8.58. The highest BCUT2D eigenvalue weighted by molar-refractivity contribution is 5.78. The van der Waals surface area contributed by atoms with Crippen LogP contribution in [0.1, 0.15) is 44.9 Å². The first-order valence-electron chi connectivity index (χ1n) is 8.00. The van der Waals surface area contributed by atoms with E-state index in [1.807, 2.05) is 0 Å². The maximum Gasteiger partial charge on any atom is 0.236 e. The molecule has 0 aliphatic carbocycles. The molecule has 0 radical (unpaired) electrons. The SMILES string of the molecule is NCC1CCN(CC(=O)N2CCCCCCC2)CC1. The van der Waals surface area contributed by atoms with Gasteiger partial charge in [-0.25, -0.2) is 0 Å². The van der Waals surface area contributed by atoms with E-state index in [1.165, 1.54) is 32.1 Å². The molecule has 2 heterocycles. The molecule has 0 aromatic rings. The minimum Gasteiger partial charge on any atom is -0.342 e. The first kappa shape index (κ1) is 14.8. The molecule has 4 heteroatoms. The van der Waals surface area contributed by atoms with Crippen molar-refractivity contribution in [3.63, 3.8) is 0 Å². The van der Waals surface area contributed by atoms with Crippen LogP contribution in [-0.2, 0) is 4.79 Å². The van der Waals surface area contributed by atoms with Gasteiger partial charge in [-0.05, 0) is 51.2 Å². The van der Waals surface area contributed by atoms with E-state index in [2.05, 4.69) is 9.80 Å². The quantitative estimate of drug-likeness (QED) is 0.842. The van der Waals surface area contributed by atoms with Gasteiger partial charge in [0.05, 0.1) is 6.54 Å². The van der Waals surface area contributed by atoms with Gasteiger partial charge in [-0.2, -0.15) is 0 Å². The van der Waals surface area contributed by atoms with Crippen LogP contribution in [0, 0.1) is 5.92 Å². The smallest absolute Gasteiger partial charge is 0.236 e. The van der Waals surface area contributed by atoms with Crippen LogP contribution in [0.15, 0.2) is 0 Å². The first-order chi connectivity index (χ1) is 9.29. The summed E-state index contributed by atoms with van der Waals surface area (Å²) in [5.74, 6) is 1.01. The van der Waals surface area contributed by atoms with Crippen molar-refractivity contribution in [3.05, 3.63) is 0 Å². The zero-order chi connectivity index (χ0) is 13.5. The number of amides is 1. The molecule has 0 aromatic carbocycles. The zero-order valence-corrected chi connectivity index (χ0v) is 12.1. The molecule has 0 unspecified atom stereocenters. The summed E-state index contributed by atoms with van der Waals surface area (Å²) in [6, 6.07) is 0. The third-order valence-corrected chi connectivity index (χ3v) is 4.61. The number of carbonyl (C=O) groups excluding carboxylic acids is 1. The highest BCUT2D eigenvalue weighted by Gasteiger charge is 2.22. The zero-order valence-electron chi connectivity index (χ0n) is 12.1. The standard InChI is InChI=1S/C15H29N3O/c16-12-14-6-10-17(11-7-14)13-15(19)18-8-4-2-1-3-5-9-18/h14H,1-13,16H2. The molecule has 2 rings (SSSR count). The number of rotatable bonds is 3. The normalized spacial score (nSPS) is 23.9. The van der Waals surface area contributed by atoms with Crippen molar-refractivity contribution >= 4 is 5.91 Å². The Kier molecular flexibility index (Phi) is 6.11. The van der Waals surface area contributed by atoms with Gasteiger partial charge in [0.1, 0.15) is 0 Å². The number of hydrogen-bond donors (Lipinski definition) is 1. The van der Waals surface area contributed by atoms with Crippen LogP contribution < -0.4 is 5.73 Å². The average Bonchev–Trinajstić information content (AvgIpc) is 2.39. The second-order valence-corrected chi connectivity index (χ2v) is 6.10. The number of carbonyl (C=O) groups is 1. The fraction of sp³-hybridized carbons (Fsp3) is 0.933. The average molecular weight is 267 g/mol. The fourth-order valence-electron chi connectivity index (χ4n) is 3.17. The Hall–Kier alpha value is -0.610. The Bertz CT molecular complexity index is 267. The summed E-state index contributed by atoms with van der Waals surface area (Å²) >= 11 is 0. The summed E-state index contributed by atoms with van der Waals surface area (Å²) in [4.78, 5) is 16.7. The predicted molar refractivity (Wildman–Crippen MR) is 77.9 cm³/mol. The van der Waals surface area contributed by atoms with Crippen LogP contribution in [0.4, 0.5) is 0 Å². The molecular weight excluding hydrogens is 238 g/mol. The maximum absolute atomic E-state index is 12.3. The maximum atomic E-state index is 12.3. The van der Waals surface area contributed by atoms with Crippen molar-refractivity contribution < 1.29 is 4.79 Å². The van der Waals surface area contributed by atoms with Crippen LogP contribution in [0.2, 0.25) is 0 Å². The lowest BCUT2D eigenvalue weighted by Crippen LogP contribution is -2.45. The molecule has 1 amide bonds. The van der Waals surface area contributed by atoms with E-state index in [-0.39, 0.29) is 0 Å². The van der Waals surface area contributed by atoms with E-state index in [1.54, 1.807) is 0 Å². The third-order valence-electron chi connectivity index (χ3n) is 4.61. The van der Waals surface area contributed by atoms with Crippen molar-refractivity contribution in [2.45, 2.75) is 44.9 Å². The van der Waals surface area contributed by atoms with Gasteiger partial charge in [0.15, 0.2) is 0 Å². The minimum atomic E-state index is 0.341. The topological polar surface area (TPSA) is 49.6 Å². The van der Waals surface area contributed by atoms with E-state index < -0.39 is 0 Å². The molecule has 0 atom stereocenters. The van der Waals surface area contributed by atoms with E-state index in [4.69, 9.17) is 5.73 Å². The third kappa shape index (κ3) is 4.77. The van der Waals surface area contributed by atoms with Gasteiger partial charge in [-0.15, -0.1) is 0 Å². The molecule has 2 saturated heterocycles. The highest BCUT2D eigenvalue weighted by atomic mass is 16.2. The largest absolute Gasteiger partial charge is 0.342 e. The molecule has 2 aliphatic heterocycles. The van der Waals surface area contributed by atoms with Crippen molar-refractivity contribution in [1.29, 1.82) is 0 Å². The first-order valence-corrected chi connectivity index (χ1v) is 8.00. The molecular formula is C15H29N3O. The predicted octanol–water partition coefficient (Wildman–Crippen LogP) is 1.45. The van der Waals surface area contributed by atoms with Crippen LogP contribution in [0.25, 0.3) is 0 Å². The Morgan fingerprint density at radius 3 is 2.11 bits per heavy atom. The summed E-state index contributed by atoms with van der Waals surface area (Å²) in [5.41, 5.74) is 5.71. The molecule has 2 N–H and O–H groups in total. The van der Waals surface area contributed by atoms with Gasteiger partial charge in [0.2, 0.25) is 5.91 Å². The molecule has 2 aliphatic rings. The number of hydrogen-bond acceptors (Lipinski definition) is 3. The second-order valence-electron chi connectivity index (χ2n) is 6.10. The number of likely N-dealkylation sites (tertiary alicyclic amines) is 2. The van der Waals surface area contributed by atoms with Gasteiger partial charge in [-0.1, -0.05) is 19.3 Å². The molecule has 0 aromatic heterocycles. The van der Waals surface area contributed by atoms with Crippen molar-refractivity contribution in [2.24, 2.45) is 11.7 Å². The molecule has 0 spiro atoms. The highest BCUT2D eigenvalue weighted by Crippen LogP contribution is 2.16. The van der Waals surface area contributed by atoms with E-state index in [9.17, 15) is 4.79 Å². The second kappa shape index (κ2) is 7.85. The van der Waals surface area contributed by atoms with E-state index in [0.29, 0.717) is 18.4 Å². The van der Waals surface area contributed by atoms with Gasteiger partial charge >= 0.3 is 0 Å². The summed E-state index contributed by atoms with van der Waals surface area (Å²) < 4.78 is 0. The van der Waals surface area contributed by atoms with E-state index in [0.717, 1.165) is 45.6 Å². The van der Waals surface area contributed by atoms with Crippen molar-refractivity contribution in [1.82, 2.24) is 9.80 Å². The van der Waals surface area contributed by atoms with Crippen LogP contribution in [0.5, 0.6) is 0 Å². The number of piperidine rings is 1. The van der Waals surface area contributed by atoms with Crippen molar-refractivity contribution in [2.75, 3.05) is 39.3 Å². The number of nitrogens with two attached hydrogens (primary N) is 1. The summed E-state index contributed by atoms with van der Waals surface area (Å²) in [5, 5.41) is 0. The number of nitrogens with zero attached hydrogens (tertiary/aromatic N) is 2. The van der Waals surface area contributed by atoms with E-state index >= 15 is 0 Å². The van der Waals surface area contributed by atoms with Gasteiger partial charge in [0.25, 0.3) is 0 Å². The minimum absolute atomic E-state index is 0.341. The lowest BCUT2D eigenvalue weighted by molar-refractivity contribution is -0.133. The monoisotopic (exact) mass is 267 g/mol. The lowest BCUT2D eigenvalue weighted by Gasteiger charge is -2.33. The van der Waals surface area contributed by atoms with Crippen LogP contribution in [-0.4, -0.2) is 55.0 Å². The molecule has 2 fully saturated rings. The van der Waals surface area contributed by atoms with Crippen LogP contribution in [0.3, 0.4) is 0 Å².